The summed E-state index contributed by atoms with van der Waals surface area (Å²) in [5, 5.41) is 0. The van der Waals surface area contributed by atoms with Crippen molar-refractivity contribution < 1.29 is 20.1 Å². The first-order valence-electron chi connectivity index (χ1n) is 14.6. The van der Waals surface area contributed by atoms with Gasteiger partial charge in [-0.05, 0) is 58.6 Å². The molecule has 8 rings (SSSR count). The average Bonchev–Trinajstić information content (AvgIpc) is 3.46. The van der Waals surface area contributed by atoms with Crippen LogP contribution in [0.25, 0.3) is 22.5 Å². The maximum Gasteiger partial charge on any atom is 0.0195 e. The first kappa shape index (κ1) is 28.9. The second-order valence-corrected chi connectivity index (χ2v) is 11.8. The van der Waals surface area contributed by atoms with Crippen molar-refractivity contribution in [2.75, 3.05) is 0 Å². The number of hydrogen-bond donors (Lipinski definition) is 0. The van der Waals surface area contributed by atoms with Crippen molar-refractivity contribution in [3.63, 3.8) is 0 Å². The van der Waals surface area contributed by atoms with Gasteiger partial charge in [0.15, 0.2) is 0 Å². The topological polar surface area (TPSA) is 25.8 Å². The molecule has 0 unspecified atom stereocenters. The molecular weight excluding hydrogens is 701 g/mol. The summed E-state index contributed by atoms with van der Waals surface area (Å²) in [7, 11) is 0. The minimum Gasteiger partial charge on any atom is -0.305 e. The van der Waals surface area contributed by atoms with E-state index in [0.717, 1.165) is 35.4 Å². The molecule has 6 aromatic rings. The average molecular weight is 733 g/mol. The smallest absolute Gasteiger partial charge is 0.0195 e. The van der Waals surface area contributed by atoms with E-state index in [1.54, 1.807) is 6.20 Å². The van der Waals surface area contributed by atoms with E-state index < -0.39 is 0 Å². The van der Waals surface area contributed by atoms with Crippen LogP contribution in [0.3, 0.4) is 0 Å². The van der Waals surface area contributed by atoms with E-state index in [1.807, 2.05) is 60.8 Å². The number of rotatable bonds is 2. The maximum atomic E-state index is 4.54. The van der Waals surface area contributed by atoms with Crippen LogP contribution in [0.4, 0.5) is 0 Å². The Labute approximate surface area is 268 Å². The van der Waals surface area contributed by atoms with E-state index in [1.165, 1.54) is 33.4 Å². The minimum absolute atomic E-state index is 0. The molecule has 4 aromatic carbocycles. The van der Waals surface area contributed by atoms with E-state index in [9.17, 15) is 0 Å². The van der Waals surface area contributed by atoms with Crippen molar-refractivity contribution in [3.8, 4) is 22.5 Å². The Kier molecular flexibility index (Phi) is 7.97. The summed E-state index contributed by atoms with van der Waals surface area (Å²) in [4.78, 5) is 8.76. The fourth-order valence-electron chi connectivity index (χ4n) is 6.91. The van der Waals surface area contributed by atoms with E-state index in [0.29, 0.717) is 0 Å². The van der Waals surface area contributed by atoms with E-state index in [2.05, 4.69) is 103 Å². The summed E-state index contributed by atoms with van der Waals surface area (Å²) in [5.41, 5.74) is 12.9. The second kappa shape index (κ2) is 11.8. The van der Waals surface area contributed by atoms with Gasteiger partial charge in [-0.3, -0.25) is 0 Å². The third-order valence-corrected chi connectivity index (χ3v) is 8.94. The van der Waals surface area contributed by atoms with Crippen molar-refractivity contribution in [2.24, 2.45) is 0 Å². The van der Waals surface area contributed by atoms with Crippen LogP contribution in [0, 0.1) is 12.1 Å². The van der Waals surface area contributed by atoms with Gasteiger partial charge in [0.2, 0.25) is 0 Å². The molecule has 1 radical (unpaired) electrons. The Morgan fingerprint density at radius 1 is 0.558 bits per heavy atom. The maximum absolute atomic E-state index is 4.54. The first-order valence-corrected chi connectivity index (χ1v) is 14.6. The number of benzene rings is 4. The molecule has 0 amide bonds. The van der Waals surface area contributed by atoms with Crippen LogP contribution < -0.4 is 0 Å². The number of aromatic nitrogens is 2. The summed E-state index contributed by atoms with van der Waals surface area (Å²) in [6.07, 6.45) is 5.70. The van der Waals surface area contributed by atoms with Gasteiger partial charge in [0.25, 0.3) is 0 Å². The number of fused-ring (bicyclic) bond motifs is 5. The summed E-state index contributed by atoms with van der Waals surface area (Å²) in [6.45, 7) is 4.74. The van der Waals surface area contributed by atoms with Crippen molar-refractivity contribution in [1.29, 1.82) is 0 Å². The van der Waals surface area contributed by atoms with Crippen molar-refractivity contribution in [2.45, 2.75) is 37.5 Å². The molecule has 2 heterocycles. The Morgan fingerprint density at radius 3 is 1.65 bits per heavy atom. The number of hydrogen-bond acceptors (Lipinski definition) is 2. The fraction of sp³-hybridized carbons (Fsp3) is 0.150. The van der Waals surface area contributed by atoms with Gasteiger partial charge in [0, 0.05) is 43.3 Å². The number of nitrogens with zero attached hydrogens (tertiary/aromatic N) is 2. The van der Waals surface area contributed by atoms with Gasteiger partial charge >= 0.3 is 0 Å². The Morgan fingerprint density at radius 2 is 1.09 bits per heavy atom. The van der Waals surface area contributed by atoms with Crippen LogP contribution >= 0.6 is 0 Å². The zero-order chi connectivity index (χ0) is 28.6. The monoisotopic (exact) mass is 733 g/mol. The molecule has 2 nitrogen and oxygen atoms in total. The summed E-state index contributed by atoms with van der Waals surface area (Å²) < 4.78 is 0. The molecule has 2 aliphatic rings. The van der Waals surface area contributed by atoms with E-state index in [-0.39, 0.29) is 30.9 Å². The van der Waals surface area contributed by atoms with Crippen LogP contribution in [0.1, 0.15) is 47.2 Å². The standard InChI is InChI=1S/C29H24N.C11H8N.Ir/c1-28(2)23-9-3-5-11-25(23)29(26-12-6-4-10-24(26)28)18-21-15-14-20(17-22(21)19-29)27-13-7-8-16-30-27;1-2-6-10(7-3-1)11-8-4-5-9-12-11;/h3-13,15-17H,18-19H2,1-2H3;1-6,8-9H;/q2*-1;. The summed E-state index contributed by atoms with van der Waals surface area (Å²) in [5.74, 6) is 0. The van der Waals surface area contributed by atoms with Crippen LogP contribution in [0.2, 0.25) is 0 Å². The fourth-order valence-corrected chi connectivity index (χ4v) is 6.91. The minimum atomic E-state index is 0. The molecule has 0 N–H and O–H groups in total. The molecule has 1 spiro atoms. The zero-order valence-electron chi connectivity index (χ0n) is 24.3. The van der Waals surface area contributed by atoms with Crippen LogP contribution in [-0.2, 0) is 43.8 Å². The van der Waals surface area contributed by atoms with Crippen molar-refractivity contribution >= 4 is 0 Å². The Bertz CT molecular complexity index is 1760. The van der Waals surface area contributed by atoms with E-state index >= 15 is 0 Å². The molecule has 0 fully saturated rings. The van der Waals surface area contributed by atoms with Crippen molar-refractivity contribution in [1.82, 2.24) is 9.97 Å². The molecular formula is C40H32IrN2-2. The molecule has 0 atom stereocenters. The second-order valence-electron chi connectivity index (χ2n) is 11.8. The van der Waals surface area contributed by atoms with E-state index in [4.69, 9.17) is 0 Å². The summed E-state index contributed by atoms with van der Waals surface area (Å²) >= 11 is 0. The van der Waals surface area contributed by atoms with Crippen LogP contribution in [0.15, 0.2) is 134 Å². The van der Waals surface area contributed by atoms with Gasteiger partial charge in [-0.2, -0.15) is 0 Å². The summed E-state index contributed by atoms with van der Waals surface area (Å²) in [6, 6.07) is 49.1. The zero-order valence-corrected chi connectivity index (χ0v) is 26.7. The molecule has 213 valence electrons. The van der Waals surface area contributed by atoms with Gasteiger partial charge in [-0.1, -0.05) is 86.6 Å². The molecule has 0 saturated heterocycles. The van der Waals surface area contributed by atoms with Gasteiger partial charge in [0.1, 0.15) is 0 Å². The molecule has 43 heavy (non-hydrogen) atoms. The third kappa shape index (κ3) is 5.18. The van der Waals surface area contributed by atoms with Crippen molar-refractivity contribution in [3.05, 3.63) is 179 Å². The quantitative estimate of drug-likeness (QED) is 0.167. The van der Waals surface area contributed by atoms with Crippen LogP contribution in [0.5, 0.6) is 0 Å². The predicted octanol–water partition coefficient (Wildman–Crippen LogP) is 8.82. The Balaban J connectivity index is 0.000000213. The molecule has 3 heteroatoms. The Hall–Kier alpha value is -4.17. The normalized spacial score (nSPS) is 14.7. The molecule has 0 bridgehead atoms. The van der Waals surface area contributed by atoms with Gasteiger partial charge < -0.3 is 9.97 Å². The largest absolute Gasteiger partial charge is 0.305 e. The molecule has 0 saturated carbocycles. The van der Waals surface area contributed by atoms with Gasteiger partial charge in [-0.25, -0.2) is 0 Å². The van der Waals surface area contributed by atoms with Gasteiger partial charge in [-0.15, -0.1) is 70.8 Å². The molecule has 0 aliphatic heterocycles. The van der Waals surface area contributed by atoms with Crippen LogP contribution in [-0.4, -0.2) is 9.97 Å². The predicted molar refractivity (Wildman–Crippen MR) is 170 cm³/mol. The third-order valence-electron chi connectivity index (χ3n) is 8.94. The number of pyridine rings is 2. The van der Waals surface area contributed by atoms with Gasteiger partial charge in [0.05, 0.1) is 0 Å². The SMILES string of the molecule is CC1(C)c2ccccc2C2(Cc3c[c-]c(-c4ccccn4)cc3C2)c2ccccc21.[Ir].[c-]1ccccc1-c1ccccn1. The molecule has 2 aliphatic carbocycles. The first-order chi connectivity index (χ1) is 20.6. The molecule has 2 aromatic heterocycles.